The number of aryl methyl sites for hydroxylation is 2. The number of aromatic nitrogens is 1. The van der Waals surface area contributed by atoms with Crippen molar-refractivity contribution in [2.45, 2.75) is 46.0 Å². The van der Waals surface area contributed by atoms with Gasteiger partial charge in [-0.3, -0.25) is 4.79 Å². The van der Waals surface area contributed by atoms with E-state index in [-0.39, 0.29) is 11.3 Å². The third-order valence-electron chi connectivity index (χ3n) is 4.43. The van der Waals surface area contributed by atoms with E-state index in [2.05, 4.69) is 31.1 Å². The molecule has 2 aromatic carbocycles. The number of benzene rings is 2. The van der Waals surface area contributed by atoms with Crippen LogP contribution in [0.2, 0.25) is 0 Å². The van der Waals surface area contributed by atoms with Gasteiger partial charge in [-0.05, 0) is 30.2 Å². The van der Waals surface area contributed by atoms with Crippen molar-refractivity contribution in [1.29, 1.82) is 0 Å². The highest BCUT2D eigenvalue weighted by atomic mass is 16.4. The monoisotopic (exact) mass is 350 g/mol. The van der Waals surface area contributed by atoms with Gasteiger partial charge in [-0.25, -0.2) is 4.98 Å². The third kappa shape index (κ3) is 3.96. The van der Waals surface area contributed by atoms with Crippen LogP contribution in [0.5, 0.6) is 0 Å². The third-order valence-corrected chi connectivity index (χ3v) is 4.43. The van der Waals surface area contributed by atoms with Crippen LogP contribution in [0.3, 0.4) is 0 Å². The molecule has 0 unspecified atom stereocenters. The maximum atomic E-state index is 12.5. The molecule has 0 spiro atoms. The van der Waals surface area contributed by atoms with Crippen LogP contribution in [-0.2, 0) is 11.8 Å². The molecule has 0 radical (unpaired) electrons. The Morgan fingerprint density at radius 2 is 1.85 bits per heavy atom. The molecule has 1 heterocycles. The molecule has 0 aliphatic rings. The van der Waals surface area contributed by atoms with Crippen LogP contribution in [0.15, 0.2) is 46.9 Å². The van der Waals surface area contributed by atoms with Crippen LogP contribution in [0.25, 0.3) is 10.8 Å². The Hall–Kier alpha value is -2.62. The minimum atomic E-state index is -0.0917. The predicted octanol–water partition coefficient (Wildman–Crippen LogP) is 4.80. The first-order valence-electron chi connectivity index (χ1n) is 9.09. The first kappa shape index (κ1) is 18.2. The van der Waals surface area contributed by atoms with E-state index in [4.69, 9.17) is 4.42 Å². The number of nitrogens with zero attached hydrogens (tertiary/aromatic N) is 1. The van der Waals surface area contributed by atoms with Gasteiger partial charge in [0.2, 0.25) is 0 Å². The molecule has 0 saturated carbocycles. The molecule has 3 rings (SSSR count). The van der Waals surface area contributed by atoms with Crippen LogP contribution in [-0.4, -0.2) is 17.4 Å². The molecule has 1 N–H and O–H groups in total. The fraction of sp³-hybridized carbons (Fsp3) is 0.364. The van der Waals surface area contributed by atoms with Gasteiger partial charge >= 0.3 is 0 Å². The van der Waals surface area contributed by atoms with Gasteiger partial charge in [0.05, 0.1) is 5.69 Å². The second kappa shape index (κ2) is 7.32. The molecule has 1 aromatic heterocycles. The van der Waals surface area contributed by atoms with Crippen LogP contribution in [0.4, 0.5) is 0 Å². The van der Waals surface area contributed by atoms with Gasteiger partial charge in [0.15, 0.2) is 5.89 Å². The van der Waals surface area contributed by atoms with Gasteiger partial charge in [-0.1, -0.05) is 57.2 Å². The minimum absolute atomic E-state index is 0.0357. The fourth-order valence-electron chi connectivity index (χ4n) is 2.95. The van der Waals surface area contributed by atoms with Gasteiger partial charge in [0, 0.05) is 23.9 Å². The summed E-state index contributed by atoms with van der Waals surface area (Å²) in [6.45, 7) is 8.85. The molecule has 4 nitrogen and oxygen atoms in total. The van der Waals surface area contributed by atoms with Crippen molar-refractivity contribution < 1.29 is 9.21 Å². The summed E-state index contributed by atoms with van der Waals surface area (Å²) in [6.07, 6.45) is 1.58. The van der Waals surface area contributed by atoms with Crippen molar-refractivity contribution in [3.05, 3.63) is 65.4 Å². The van der Waals surface area contributed by atoms with E-state index in [9.17, 15) is 4.79 Å². The summed E-state index contributed by atoms with van der Waals surface area (Å²) in [6, 6.07) is 13.7. The Balaban J connectivity index is 1.58. The summed E-state index contributed by atoms with van der Waals surface area (Å²) >= 11 is 0. The van der Waals surface area contributed by atoms with E-state index in [1.165, 1.54) is 0 Å². The molecule has 4 heteroatoms. The molecule has 136 valence electrons. The van der Waals surface area contributed by atoms with Crippen molar-refractivity contribution in [1.82, 2.24) is 10.3 Å². The number of amides is 1. The summed E-state index contributed by atoms with van der Waals surface area (Å²) in [5.41, 5.74) is 1.57. The molecular weight excluding hydrogens is 324 g/mol. The average molecular weight is 350 g/mol. The first-order chi connectivity index (χ1) is 12.4. The maximum absolute atomic E-state index is 12.5. The molecule has 3 aromatic rings. The molecule has 1 amide bonds. The molecule has 0 fully saturated rings. The number of hydrogen-bond donors (Lipinski definition) is 1. The smallest absolute Gasteiger partial charge is 0.251 e. The lowest BCUT2D eigenvalue weighted by atomic mass is 9.97. The molecule has 0 bridgehead atoms. The van der Waals surface area contributed by atoms with E-state index < -0.39 is 0 Å². The lowest BCUT2D eigenvalue weighted by Crippen LogP contribution is -2.25. The van der Waals surface area contributed by atoms with Crippen LogP contribution >= 0.6 is 0 Å². The maximum Gasteiger partial charge on any atom is 0.251 e. The number of hydrogen-bond acceptors (Lipinski definition) is 3. The lowest BCUT2D eigenvalue weighted by molar-refractivity contribution is 0.0954. The zero-order valence-electron chi connectivity index (χ0n) is 15.9. The Bertz CT molecular complexity index is 914. The summed E-state index contributed by atoms with van der Waals surface area (Å²) < 4.78 is 5.90. The average Bonchev–Trinajstić information content (AvgIpc) is 2.99. The van der Waals surface area contributed by atoms with Crippen molar-refractivity contribution in [2.75, 3.05) is 6.54 Å². The number of carbonyl (C=O) groups excluding carboxylic acids is 1. The zero-order chi connectivity index (χ0) is 18.7. The minimum Gasteiger partial charge on any atom is -0.445 e. The number of carbonyl (C=O) groups is 1. The van der Waals surface area contributed by atoms with Crippen molar-refractivity contribution >= 4 is 16.7 Å². The van der Waals surface area contributed by atoms with E-state index in [0.29, 0.717) is 12.1 Å². The van der Waals surface area contributed by atoms with E-state index >= 15 is 0 Å². The van der Waals surface area contributed by atoms with Gasteiger partial charge in [0.25, 0.3) is 5.91 Å². The van der Waals surface area contributed by atoms with Crippen LogP contribution in [0, 0.1) is 6.92 Å². The molecule has 26 heavy (non-hydrogen) atoms. The Morgan fingerprint density at radius 3 is 2.58 bits per heavy atom. The normalized spacial score (nSPS) is 11.7. The molecular formula is C22H26N2O2. The number of nitrogens with one attached hydrogen (secondary N) is 1. The van der Waals surface area contributed by atoms with Crippen molar-refractivity contribution in [3.63, 3.8) is 0 Å². The second-order valence-corrected chi connectivity index (χ2v) is 7.66. The standard InChI is InChI=1S/C22H26N2O2/c1-15-19(26-21(24-15)22(2,3)4)13-8-14-23-20(25)18-12-7-10-16-9-5-6-11-17(16)18/h5-7,9-12H,8,13-14H2,1-4H3,(H,23,25). The Kier molecular flexibility index (Phi) is 5.12. The quantitative estimate of drug-likeness (QED) is 0.673. The predicted molar refractivity (Wildman–Crippen MR) is 105 cm³/mol. The number of rotatable bonds is 5. The van der Waals surface area contributed by atoms with E-state index in [1.807, 2.05) is 49.4 Å². The van der Waals surface area contributed by atoms with Gasteiger partial charge in [0.1, 0.15) is 5.76 Å². The number of fused-ring (bicyclic) bond motifs is 1. The highest BCUT2D eigenvalue weighted by Crippen LogP contribution is 2.24. The summed E-state index contributed by atoms with van der Waals surface area (Å²) in [5, 5.41) is 5.07. The van der Waals surface area contributed by atoms with E-state index in [1.54, 1.807) is 0 Å². The highest BCUT2D eigenvalue weighted by molar-refractivity contribution is 6.06. The van der Waals surface area contributed by atoms with Gasteiger partial charge in [-0.15, -0.1) is 0 Å². The molecule has 0 saturated heterocycles. The summed E-state index contributed by atoms with van der Waals surface area (Å²) in [4.78, 5) is 17.0. The Labute approximate surface area is 154 Å². The van der Waals surface area contributed by atoms with Gasteiger partial charge in [-0.2, -0.15) is 0 Å². The molecule has 0 atom stereocenters. The molecule has 0 aliphatic carbocycles. The fourth-order valence-corrected chi connectivity index (χ4v) is 2.95. The summed E-state index contributed by atoms with van der Waals surface area (Å²) in [5.74, 6) is 1.64. The summed E-state index contributed by atoms with van der Waals surface area (Å²) in [7, 11) is 0. The van der Waals surface area contributed by atoms with E-state index in [0.717, 1.165) is 41.0 Å². The van der Waals surface area contributed by atoms with Crippen molar-refractivity contribution in [3.8, 4) is 0 Å². The molecule has 0 aliphatic heterocycles. The van der Waals surface area contributed by atoms with Crippen LogP contribution in [0.1, 0.15) is 54.9 Å². The van der Waals surface area contributed by atoms with Crippen LogP contribution < -0.4 is 5.32 Å². The highest BCUT2D eigenvalue weighted by Gasteiger charge is 2.22. The zero-order valence-corrected chi connectivity index (χ0v) is 15.9. The topological polar surface area (TPSA) is 55.1 Å². The SMILES string of the molecule is Cc1nc(C(C)(C)C)oc1CCCNC(=O)c1cccc2ccccc12. The number of oxazole rings is 1. The van der Waals surface area contributed by atoms with Gasteiger partial charge < -0.3 is 9.73 Å². The first-order valence-corrected chi connectivity index (χ1v) is 9.09. The second-order valence-electron chi connectivity index (χ2n) is 7.66. The Morgan fingerprint density at radius 1 is 1.12 bits per heavy atom. The van der Waals surface area contributed by atoms with Crippen molar-refractivity contribution in [2.24, 2.45) is 0 Å². The largest absolute Gasteiger partial charge is 0.445 e. The lowest BCUT2D eigenvalue weighted by Gasteiger charge is -2.12.